The summed E-state index contributed by atoms with van der Waals surface area (Å²) in [6.07, 6.45) is 1.69. The second-order valence-electron chi connectivity index (χ2n) is 4.53. The van der Waals surface area contributed by atoms with E-state index in [4.69, 9.17) is 5.11 Å². The van der Waals surface area contributed by atoms with Crippen molar-refractivity contribution in [3.63, 3.8) is 0 Å². The lowest BCUT2D eigenvalue weighted by molar-refractivity contribution is 0.305. The van der Waals surface area contributed by atoms with E-state index in [1.807, 2.05) is 0 Å². The summed E-state index contributed by atoms with van der Waals surface area (Å²) in [5, 5.41) is 8.72. The van der Waals surface area contributed by atoms with Crippen molar-refractivity contribution >= 4 is 15.7 Å². The van der Waals surface area contributed by atoms with Gasteiger partial charge in [0.05, 0.1) is 23.6 Å². The molecule has 108 valence electrons. The summed E-state index contributed by atoms with van der Waals surface area (Å²) >= 11 is 0. The largest absolute Gasteiger partial charge is 0.395 e. The molecule has 0 spiro atoms. The molecule has 1 aromatic carbocycles. The van der Waals surface area contributed by atoms with Gasteiger partial charge in [-0.3, -0.25) is 4.31 Å². The molecule has 0 bridgehead atoms. The van der Waals surface area contributed by atoms with Crippen LogP contribution in [0.5, 0.6) is 0 Å². The van der Waals surface area contributed by atoms with Gasteiger partial charge in [0.2, 0.25) is 10.0 Å². The van der Waals surface area contributed by atoms with Crippen LogP contribution in [-0.2, 0) is 10.0 Å². The van der Waals surface area contributed by atoms with Gasteiger partial charge in [-0.15, -0.1) is 0 Å². The average Bonchev–Trinajstić information content (AvgIpc) is 2.40. The maximum Gasteiger partial charge on any atom is 0.235 e. The molecule has 1 saturated heterocycles. The number of hydrogen-bond donors (Lipinski definition) is 1. The van der Waals surface area contributed by atoms with Crippen molar-refractivity contribution in [1.82, 2.24) is 0 Å². The second kappa shape index (κ2) is 6.25. The van der Waals surface area contributed by atoms with Gasteiger partial charge in [-0.1, -0.05) is 11.8 Å². The van der Waals surface area contributed by atoms with E-state index in [2.05, 4.69) is 11.8 Å². The van der Waals surface area contributed by atoms with E-state index in [9.17, 15) is 12.8 Å². The Balaban J connectivity index is 2.43. The first-order valence-corrected chi connectivity index (χ1v) is 8.05. The van der Waals surface area contributed by atoms with Gasteiger partial charge in [-0.05, 0) is 31.0 Å². The number of halogens is 1. The number of aliphatic hydroxyl groups excluding tert-OH is 1. The zero-order valence-corrected chi connectivity index (χ0v) is 11.8. The van der Waals surface area contributed by atoms with E-state index in [-0.39, 0.29) is 18.8 Å². The summed E-state index contributed by atoms with van der Waals surface area (Å²) < 4.78 is 38.8. The Kier molecular flexibility index (Phi) is 4.63. The van der Waals surface area contributed by atoms with Crippen LogP contribution in [0.4, 0.5) is 10.1 Å². The standard InChI is InChI=1S/C14H16FNO3S/c15-13-6-7-14(12(11-13)5-1-3-9-17)16-8-2-4-10-20(16,18)19/h6-7,11,17H,2-4,8-10H2. The third kappa shape index (κ3) is 3.30. The molecule has 0 atom stereocenters. The molecule has 0 aliphatic carbocycles. The molecule has 1 heterocycles. The molecule has 1 aromatic rings. The fraction of sp³-hybridized carbons (Fsp3) is 0.429. The average molecular weight is 297 g/mol. The summed E-state index contributed by atoms with van der Waals surface area (Å²) in [6, 6.07) is 3.90. The van der Waals surface area contributed by atoms with E-state index in [0.29, 0.717) is 24.2 Å². The first kappa shape index (κ1) is 14.8. The summed E-state index contributed by atoms with van der Waals surface area (Å²) in [7, 11) is -3.35. The first-order chi connectivity index (χ1) is 9.54. The Hall–Kier alpha value is -1.58. The molecule has 1 fully saturated rings. The van der Waals surface area contributed by atoms with Crippen molar-refractivity contribution < 1.29 is 17.9 Å². The minimum Gasteiger partial charge on any atom is -0.395 e. The Morgan fingerprint density at radius 1 is 1.35 bits per heavy atom. The van der Waals surface area contributed by atoms with Gasteiger partial charge in [0.1, 0.15) is 5.82 Å². The highest BCUT2D eigenvalue weighted by molar-refractivity contribution is 7.92. The van der Waals surface area contributed by atoms with Gasteiger partial charge < -0.3 is 5.11 Å². The van der Waals surface area contributed by atoms with Crippen LogP contribution >= 0.6 is 0 Å². The highest BCUT2D eigenvalue weighted by atomic mass is 32.2. The van der Waals surface area contributed by atoms with E-state index in [0.717, 1.165) is 6.42 Å². The Labute approximate surface area is 118 Å². The zero-order valence-electron chi connectivity index (χ0n) is 11.0. The Morgan fingerprint density at radius 3 is 2.85 bits per heavy atom. The molecule has 0 aromatic heterocycles. The molecular weight excluding hydrogens is 281 g/mol. The Morgan fingerprint density at radius 2 is 2.15 bits per heavy atom. The van der Waals surface area contributed by atoms with Crippen molar-refractivity contribution in [3.8, 4) is 11.8 Å². The third-order valence-corrected chi connectivity index (χ3v) is 4.89. The molecule has 1 N–H and O–H groups in total. The number of aliphatic hydroxyl groups is 1. The van der Waals surface area contributed by atoms with Crippen LogP contribution in [0, 0.1) is 17.7 Å². The number of nitrogens with zero attached hydrogens (tertiary/aromatic N) is 1. The molecule has 1 aliphatic heterocycles. The predicted octanol–water partition coefficient (Wildman–Crippen LogP) is 1.49. The topological polar surface area (TPSA) is 57.6 Å². The number of hydrogen-bond acceptors (Lipinski definition) is 3. The summed E-state index contributed by atoms with van der Waals surface area (Å²) in [5.41, 5.74) is 0.750. The Bertz CT molecular complexity index is 646. The number of anilines is 1. The lowest BCUT2D eigenvalue weighted by Gasteiger charge is -2.29. The normalized spacial score (nSPS) is 17.4. The maximum absolute atomic E-state index is 13.3. The van der Waals surface area contributed by atoms with Crippen molar-refractivity contribution in [2.24, 2.45) is 0 Å². The minimum atomic E-state index is -3.35. The summed E-state index contributed by atoms with van der Waals surface area (Å²) in [5.74, 6) is 5.07. The highest BCUT2D eigenvalue weighted by Crippen LogP contribution is 2.27. The summed E-state index contributed by atoms with van der Waals surface area (Å²) in [4.78, 5) is 0. The van der Waals surface area contributed by atoms with Crippen LogP contribution in [-0.4, -0.2) is 32.4 Å². The third-order valence-electron chi connectivity index (χ3n) is 3.04. The van der Waals surface area contributed by atoms with Gasteiger partial charge in [-0.2, -0.15) is 0 Å². The van der Waals surface area contributed by atoms with Crippen LogP contribution in [0.25, 0.3) is 0 Å². The van der Waals surface area contributed by atoms with Crippen LogP contribution < -0.4 is 4.31 Å². The predicted molar refractivity (Wildman–Crippen MR) is 75.3 cm³/mol. The number of sulfonamides is 1. The van der Waals surface area contributed by atoms with E-state index >= 15 is 0 Å². The molecule has 1 aliphatic rings. The van der Waals surface area contributed by atoms with Gasteiger partial charge >= 0.3 is 0 Å². The van der Waals surface area contributed by atoms with Crippen molar-refractivity contribution in [3.05, 3.63) is 29.6 Å². The van der Waals surface area contributed by atoms with Crippen LogP contribution in [0.3, 0.4) is 0 Å². The molecule has 6 heteroatoms. The molecule has 0 saturated carbocycles. The number of rotatable bonds is 2. The molecule has 0 amide bonds. The lowest BCUT2D eigenvalue weighted by atomic mass is 10.1. The second-order valence-corrected chi connectivity index (χ2v) is 6.54. The van der Waals surface area contributed by atoms with Crippen LogP contribution in [0.15, 0.2) is 18.2 Å². The van der Waals surface area contributed by atoms with Crippen LogP contribution in [0.1, 0.15) is 24.8 Å². The lowest BCUT2D eigenvalue weighted by Crippen LogP contribution is -2.38. The van der Waals surface area contributed by atoms with Crippen molar-refractivity contribution in [2.75, 3.05) is 23.2 Å². The number of benzene rings is 1. The van der Waals surface area contributed by atoms with E-state index < -0.39 is 15.8 Å². The molecule has 20 heavy (non-hydrogen) atoms. The fourth-order valence-electron chi connectivity index (χ4n) is 2.10. The van der Waals surface area contributed by atoms with Crippen molar-refractivity contribution in [1.29, 1.82) is 0 Å². The van der Waals surface area contributed by atoms with Gasteiger partial charge in [0, 0.05) is 13.0 Å². The molecular formula is C14H16FNO3S. The fourth-order valence-corrected chi connectivity index (χ4v) is 3.75. The minimum absolute atomic E-state index is 0.0837. The van der Waals surface area contributed by atoms with E-state index in [1.165, 1.54) is 22.5 Å². The molecule has 4 nitrogen and oxygen atoms in total. The molecule has 2 rings (SSSR count). The highest BCUT2D eigenvalue weighted by Gasteiger charge is 2.27. The quantitative estimate of drug-likeness (QED) is 0.841. The maximum atomic E-state index is 13.3. The van der Waals surface area contributed by atoms with Gasteiger partial charge in [0.25, 0.3) is 0 Å². The van der Waals surface area contributed by atoms with Gasteiger partial charge in [-0.25, -0.2) is 12.8 Å². The van der Waals surface area contributed by atoms with Crippen LogP contribution in [0.2, 0.25) is 0 Å². The monoisotopic (exact) mass is 297 g/mol. The SMILES string of the molecule is O=S1(=O)CCCCN1c1ccc(F)cc1C#CCCO. The molecule has 0 radical (unpaired) electrons. The molecule has 0 unspecified atom stereocenters. The van der Waals surface area contributed by atoms with Gasteiger partial charge in [0.15, 0.2) is 0 Å². The smallest absolute Gasteiger partial charge is 0.235 e. The summed E-state index contributed by atoms with van der Waals surface area (Å²) in [6.45, 7) is 0.308. The zero-order chi connectivity index (χ0) is 14.6. The van der Waals surface area contributed by atoms with Crippen molar-refractivity contribution in [2.45, 2.75) is 19.3 Å². The van der Waals surface area contributed by atoms with E-state index in [1.54, 1.807) is 0 Å². The first-order valence-electron chi connectivity index (χ1n) is 6.44.